The molecule has 3 rings (SSSR count). The van der Waals surface area contributed by atoms with Crippen molar-refractivity contribution in [1.29, 1.82) is 0 Å². The van der Waals surface area contributed by atoms with E-state index in [1.165, 1.54) is 31.2 Å². The van der Waals surface area contributed by atoms with Crippen molar-refractivity contribution in [3.63, 3.8) is 0 Å². The fraction of sp³-hybridized carbons (Fsp3) is 0.611. The molecule has 4 nitrogen and oxygen atoms in total. The van der Waals surface area contributed by atoms with Gasteiger partial charge in [-0.25, -0.2) is 4.79 Å². The lowest BCUT2D eigenvalue weighted by Crippen LogP contribution is -2.45. The SMILES string of the molecule is O=C(NC(c1ccccc1)C1CCCC1)N(CCO)C1CC1. The summed E-state index contributed by atoms with van der Waals surface area (Å²) in [6, 6.07) is 10.7. The second-order valence-corrected chi connectivity index (χ2v) is 6.53. The van der Waals surface area contributed by atoms with Gasteiger partial charge in [0.1, 0.15) is 0 Å². The van der Waals surface area contributed by atoms with E-state index < -0.39 is 0 Å². The molecule has 0 heterocycles. The van der Waals surface area contributed by atoms with Crippen LogP contribution >= 0.6 is 0 Å². The summed E-state index contributed by atoms with van der Waals surface area (Å²) in [7, 11) is 0. The van der Waals surface area contributed by atoms with E-state index >= 15 is 0 Å². The summed E-state index contributed by atoms with van der Waals surface area (Å²) in [4.78, 5) is 14.5. The summed E-state index contributed by atoms with van der Waals surface area (Å²) < 4.78 is 0. The molecule has 2 fully saturated rings. The fourth-order valence-electron chi connectivity index (χ4n) is 3.58. The topological polar surface area (TPSA) is 52.6 Å². The maximum atomic E-state index is 12.7. The van der Waals surface area contributed by atoms with Crippen LogP contribution in [0, 0.1) is 5.92 Å². The largest absolute Gasteiger partial charge is 0.395 e. The van der Waals surface area contributed by atoms with Crippen LogP contribution in [-0.2, 0) is 0 Å². The van der Waals surface area contributed by atoms with Crippen LogP contribution < -0.4 is 5.32 Å². The first-order chi connectivity index (χ1) is 10.8. The number of nitrogens with one attached hydrogen (secondary N) is 1. The van der Waals surface area contributed by atoms with E-state index in [0.717, 1.165) is 12.8 Å². The third-order valence-corrected chi connectivity index (χ3v) is 4.90. The Morgan fingerprint density at radius 1 is 1.18 bits per heavy atom. The Balaban J connectivity index is 1.72. The van der Waals surface area contributed by atoms with Crippen molar-refractivity contribution in [3.05, 3.63) is 35.9 Å². The van der Waals surface area contributed by atoms with Gasteiger partial charge in [0.2, 0.25) is 0 Å². The highest BCUT2D eigenvalue weighted by molar-refractivity contribution is 5.75. The van der Waals surface area contributed by atoms with Gasteiger partial charge in [0.05, 0.1) is 12.6 Å². The Morgan fingerprint density at radius 3 is 2.45 bits per heavy atom. The van der Waals surface area contributed by atoms with Crippen LogP contribution in [0.25, 0.3) is 0 Å². The predicted octanol–water partition coefficient (Wildman–Crippen LogP) is 3.08. The van der Waals surface area contributed by atoms with Crippen molar-refractivity contribution in [1.82, 2.24) is 10.2 Å². The van der Waals surface area contributed by atoms with E-state index in [1.807, 2.05) is 23.1 Å². The van der Waals surface area contributed by atoms with E-state index in [4.69, 9.17) is 0 Å². The molecule has 0 aliphatic heterocycles. The predicted molar refractivity (Wildman–Crippen MR) is 86.5 cm³/mol. The zero-order valence-electron chi connectivity index (χ0n) is 13.1. The molecule has 2 saturated carbocycles. The minimum atomic E-state index is -0.0164. The first-order valence-corrected chi connectivity index (χ1v) is 8.52. The molecule has 2 amide bonds. The first kappa shape index (κ1) is 15.3. The average molecular weight is 302 g/mol. The van der Waals surface area contributed by atoms with Gasteiger partial charge in [-0.1, -0.05) is 43.2 Å². The monoisotopic (exact) mass is 302 g/mol. The molecule has 22 heavy (non-hydrogen) atoms. The summed E-state index contributed by atoms with van der Waals surface area (Å²) in [5.41, 5.74) is 1.20. The number of urea groups is 1. The van der Waals surface area contributed by atoms with E-state index in [9.17, 15) is 9.90 Å². The molecule has 0 bridgehead atoms. The van der Waals surface area contributed by atoms with Crippen molar-refractivity contribution in [2.75, 3.05) is 13.2 Å². The van der Waals surface area contributed by atoms with Gasteiger partial charge in [0.15, 0.2) is 0 Å². The molecule has 120 valence electrons. The number of carbonyl (C=O) groups excluding carboxylic acids is 1. The molecule has 1 aromatic rings. The van der Waals surface area contributed by atoms with Gasteiger partial charge >= 0.3 is 6.03 Å². The molecule has 1 atom stereocenters. The number of amides is 2. The number of rotatable bonds is 6. The lowest BCUT2D eigenvalue weighted by atomic mass is 9.92. The third kappa shape index (κ3) is 3.61. The smallest absolute Gasteiger partial charge is 0.318 e. The van der Waals surface area contributed by atoms with E-state index in [-0.39, 0.29) is 18.7 Å². The highest BCUT2D eigenvalue weighted by Crippen LogP contribution is 2.36. The van der Waals surface area contributed by atoms with Gasteiger partial charge in [-0.05, 0) is 37.2 Å². The van der Waals surface area contributed by atoms with Crippen molar-refractivity contribution in [2.45, 2.75) is 50.6 Å². The minimum absolute atomic E-state index is 0.0164. The maximum Gasteiger partial charge on any atom is 0.318 e. The summed E-state index contributed by atoms with van der Waals surface area (Å²) in [6.07, 6.45) is 7.01. The van der Waals surface area contributed by atoms with Crippen LogP contribution in [0.1, 0.15) is 50.1 Å². The minimum Gasteiger partial charge on any atom is -0.395 e. The summed E-state index contributed by atoms with van der Waals surface area (Å²) in [6.45, 7) is 0.464. The van der Waals surface area contributed by atoms with Gasteiger partial charge < -0.3 is 15.3 Å². The number of benzene rings is 1. The molecule has 2 aliphatic carbocycles. The molecular weight excluding hydrogens is 276 g/mol. The van der Waals surface area contributed by atoms with E-state index in [2.05, 4.69) is 17.4 Å². The zero-order valence-corrected chi connectivity index (χ0v) is 13.1. The standard InChI is InChI=1S/C18H26N2O2/c21-13-12-20(16-10-11-16)18(22)19-17(15-8-4-5-9-15)14-6-2-1-3-7-14/h1-3,6-7,15-17,21H,4-5,8-13H2,(H,19,22). The van der Waals surface area contributed by atoms with Crippen LogP contribution in [0.4, 0.5) is 4.79 Å². The van der Waals surface area contributed by atoms with Crippen LogP contribution in [0.5, 0.6) is 0 Å². The highest BCUT2D eigenvalue weighted by atomic mass is 16.3. The third-order valence-electron chi connectivity index (χ3n) is 4.90. The second-order valence-electron chi connectivity index (χ2n) is 6.53. The fourth-order valence-corrected chi connectivity index (χ4v) is 3.58. The van der Waals surface area contributed by atoms with Crippen LogP contribution in [0.2, 0.25) is 0 Å². The maximum absolute atomic E-state index is 12.7. The Labute approximate surface area is 132 Å². The number of hydrogen-bond acceptors (Lipinski definition) is 2. The molecular formula is C18H26N2O2. The average Bonchev–Trinajstić information content (AvgIpc) is 3.24. The molecule has 0 spiro atoms. The number of aliphatic hydroxyl groups is 1. The Morgan fingerprint density at radius 2 is 1.86 bits per heavy atom. The van der Waals surface area contributed by atoms with Crippen molar-refractivity contribution in [2.24, 2.45) is 5.92 Å². The van der Waals surface area contributed by atoms with Gasteiger partial charge in [0.25, 0.3) is 0 Å². The molecule has 4 heteroatoms. The summed E-state index contributed by atoms with van der Waals surface area (Å²) in [5.74, 6) is 0.529. The van der Waals surface area contributed by atoms with Gasteiger partial charge in [-0.15, -0.1) is 0 Å². The number of hydrogen-bond donors (Lipinski definition) is 2. The van der Waals surface area contributed by atoms with E-state index in [0.29, 0.717) is 18.5 Å². The lowest BCUT2D eigenvalue weighted by Gasteiger charge is -2.29. The normalized spacial score (nSPS) is 19.9. The molecule has 0 saturated heterocycles. The number of nitrogens with zero attached hydrogens (tertiary/aromatic N) is 1. The van der Waals surface area contributed by atoms with Crippen molar-refractivity contribution in [3.8, 4) is 0 Å². The molecule has 1 aromatic carbocycles. The van der Waals surface area contributed by atoms with Crippen molar-refractivity contribution < 1.29 is 9.90 Å². The summed E-state index contributed by atoms with van der Waals surface area (Å²) in [5, 5.41) is 12.5. The first-order valence-electron chi connectivity index (χ1n) is 8.52. The Kier molecular flexibility index (Phi) is 4.98. The zero-order chi connectivity index (χ0) is 15.4. The Bertz CT molecular complexity index is 481. The molecule has 2 aliphatic rings. The number of aliphatic hydroxyl groups excluding tert-OH is 1. The van der Waals surface area contributed by atoms with Crippen LogP contribution in [-0.4, -0.2) is 35.2 Å². The quantitative estimate of drug-likeness (QED) is 0.848. The summed E-state index contributed by atoms with van der Waals surface area (Å²) >= 11 is 0. The van der Waals surface area contributed by atoms with Gasteiger partial charge in [0, 0.05) is 12.6 Å². The number of carbonyl (C=O) groups is 1. The molecule has 0 radical (unpaired) electrons. The van der Waals surface area contributed by atoms with Gasteiger partial charge in [-0.2, -0.15) is 0 Å². The Hall–Kier alpha value is -1.55. The van der Waals surface area contributed by atoms with Gasteiger partial charge in [-0.3, -0.25) is 0 Å². The molecule has 0 aromatic heterocycles. The van der Waals surface area contributed by atoms with Crippen molar-refractivity contribution >= 4 is 6.03 Å². The highest BCUT2D eigenvalue weighted by Gasteiger charge is 2.35. The second kappa shape index (κ2) is 7.14. The van der Waals surface area contributed by atoms with E-state index in [1.54, 1.807) is 0 Å². The van der Waals surface area contributed by atoms with Crippen LogP contribution in [0.15, 0.2) is 30.3 Å². The molecule has 2 N–H and O–H groups in total. The van der Waals surface area contributed by atoms with Crippen LogP contribution in [0.3, 0.4) is 0 Å². The lowest BCUT2D eigenvalue weighted by molar-refractivity contribution is 0.166. The molecule has 1 unspecified atom stereocenters.